The molecule has 116 valence electrons. The van der Waals surface area contributed by atoms with Crippen LogP contribution in [-0.2, 0) is 10.3 Å². The number of ether oxygens (including phenoxy) is 1. The molecule has 3 heteroatoms. The molecule has 2 aliphatic carbocycles. The second kappa shape index (κ2) is 6.07. The molecule has 21 heavy (non-hydrogen) atoms. The lowest BCUT2D eigenvalue weighted by atomic mass is 9.71. The first kappa shape index (κ1) is 15.0. The highest BCUT2D eigenvalue weighted by molar-refractivity contribution is 5.39. The summed E-state index contributed by atoms with van der Waals surface area (Å²) in [6.07, 6.45) is 5.01. The van der Waals surface area contributed by atoms with Gasteiger partial charge in [-0.05, 0) is 42.7 Å². The van der Waals surface area contributed by atoms with E-state index in [1.807, 2.05) is 0 Å². The second-order valence-electron chi connectivity index (χ2n) is 6.68. The van der Waals surface area contributed by atoms with Gasteiger partial charge in [-0.25, -0.2) is 0 Å². The van der Waals surface area contributed by atoms with Crippen LogP contribution in [0.25, 0.3) is 0 Å². The van der Waals surface area contributed by atoms with Gasteiger partial charge in [-0.3, -0.25) is 4.90 Å². The van der Waals surface area contributed by atoms with E-state index in [9.17, 15) is 0 Å². The number of methoxy groups -OCH3 is 1. The zero-order chi connectivity index (χ0) is 14.9. The van der Waals surface area contributed by atoms with Crippen molar-refractivity contribution >= 4 is 0 Å². The number of rotatable bonds is 6. The molecule has 1 fully saturated rings. The van der Waals surface area contributed by atoms with E-state index in [-0.39, 0.29) is 5.54 Å². The molecule has 0 spiro atoms. The zero-order valence-electron chi connectivity index (χ0n) is 13.3. The smallest absolute Gasteiger partial charge is 0.0590 e. The number of fused-ring (bicyclic) bond motifs is 1. The largest absolute Gasteiger partial charge is 0.383 e. The molecule has 2 atom stereocenters. The van der Waals surface area contributed by atoms with E-state index in [1.165, 1.54) is 36.8 Å². The number of benzene rings is 1. The lowest BCUT2D eigenvalue weighted by Gasteiger charge is -2.49. The fourth-order valence-electron chi connectivity index (χ4n) is 4.05. The molecular formula is C18H28N2O. The number of hydrogen-bond acceptors (Lipinski definition) is 3. The summed E-state index contributed by atoms with van der Waals surface area (Å²) in [4.78, 5) is 2.65. The Bertz CT molecular complexity index is 486. The van der Waals surface area contributed by atoms with Crippen molar-refractivity contribution < 1.29 is 4.74 Å². The van der Waals surface area contributed by atoms with Gasteiger partial charge in [0.15, 0.2) is 0 Å². The second-order valence-corrected chi connectivity index (χ2v) is 6.68. The summed E-state index contributed by atoms with van der Waals surface area (Å²) < 4.78 is 5.36. The molecular weight excluding hydrogens is 260 g/mol. The first-order valence-corrected chi connectivity index (χ1v) is 8.28. The van der Waals surface area contributed by atoms with E-state index in [0.717, 1.165) is 13.2 Å². The standard InChI is InChI=1S/C18H28N2O/c1-14-9-10-18(13-19,17-6-4-3-5-16(14)17)20(11-12-21-2)15-7-8-15/h3-6,14-15H,7-13,19H2,1-2H3. The predicted octanol–water partition coefficient (Wildman–Crippen LogP) is 2.85. The van der Waals surface area contributed by atoms with E-state index < -0.39 is 0 Å². The fourth-order valence-corrected chi connectivity index (χ4v) is 4.05. The third kappa shape index (κ3) is 2.63. The normalized spacial score (nSPS) is 28.7. The summed E-state index contributed by atoms with van der Waals surface area (Å²) in [5.41, 5.74) is 9.34. The van der Waals surface area contributed by atoms with E-state index in [4.69, 9.17) is 10.5 Å². The first-order chi connectivity index (χ1) is 10.2. The molecule has 2 unspecified atom stereocenters. The SMILES string of the molecule is COCCN(C1CC1)C1(CN)CCC(C)c2ccccc21. The lowest BCUT2D eigenvalue weighted by molar-refractivity contribution is 0.0355. The summed E-state index contributed by atoms with van der Waals surface area (Å²) in [6.45, 7) is 4.82. The van der Waals surface area contributed by atoms with Crippen molar-refractivity contribution in [3.63, 3.8) is 0 Å². The Labute approximate surface area is 128 Å². The van der Waals surface area contributed by atoms with Gasteiger partial charge >= 0.3 is 0 Å². The molecule has 0 amide bonds. The van der Waals surface area contributed by atoms with Crippen LogP contribution in [0.2, 0.25) is 0 Å². The maximum Gasteiger partial charge on any atom is 0.0590 e. The topological polar surface area (TPSA) is 38.5 Å². The Hall–Kier alpha value is -0.900. The van der Waals surface area contributed by atoms with Gasteiger partial charge < -0.3 is 10.5 Å². The van der Waals surface area contributed by atoms with Crippen LogP contribution in [0.15, 0.2) is 24.3 Å². The number of nitrogens with zero attached hydrogens (tertiary/aromatic N) is 1. The molecule has 1 aromatic rings. The minimum atomic E-state index is 0.0167. The Morgan fingerprint density at radius 1 is 1.29 bits per heavy atom. The van der Waals surface area contributed by atoms with Crippen LogP contribution < -0.4 is 5.73 Å². The van der Waals surface area contributed by atoms with Crippen molar-refractivity contribution in [2.75, 3.05) is 26.8 Å². The van der Waals surface area contributed by atoms with Crippen molar-refractivity contribution in [3.8, 4) is 0 Å². The van der Waals surface area contributed by atoms with Gasteiger partial charge in [0.25, 0.3) is 0 Å². The van der Waals surface area contributed by atoms with Gasteiger partial charge in [0.05, 0.1) is 12.1 Å². The molecule has 2 aliphatic rings. The average Bonchev–Trinajstić information content (AvgIpc) is 3.35. The molecule has 0 bridgehead atoms. The summed E-state index contributed by atoms with van der Waals surface area (Å²) >= 11 is 0. The lowest BCUT2D eigenvalue weighted by Crippen LogP contribution is -2.55. The van der Waals surface area contributed by atoms with Crippen molar-refractivity contribution in [1.82, 2.24) is 4.90 Å². The molecule has 0 aliphatic heterocycles. The van der Waals surface area contributed by atoms with Gasteiger partial charge in [0, 0.05) is 26.2 Å². The first-order valence-electron chi connectivity index (χ1n) is 8.28. The van der Waals surface area contributed by atoms with Crippen molar-refractivity contribution in [2.45, 2.75) is 50.1 Å². The third-order valence-electron chi connectivity index (χ3n) is 5.40. The van der Waals surface area contributed by atoms with E-state index in [1.54, 1.807) is 7.11 Å². The highest BCUT2D eigenvalue weighted by Gasteiger charge is 2.47. The van der Waals surface area contributed by atoms with Crippen LogP contribution in [-0.4, -0.2) is 37.7 Å². The monoisotopic (exact) mass is 288 g/mol. The fraction of sp³-hybridized carbons (Fsp3) is 0.667. The van der Waals surface area contributed by atoms with Crippen molar-refractivity contribution in [1.29, 1.82) is 0 Å². The highest BCUT2D eigenvalue weighted by atomic mass is 16.5. The van der Waals surface area contributed by atoms with Gasteiger partial charge in [-0.1, -0.05) is 31.2 Å². The van der Waals surface area contributed by atoms with Crippen LogP contribution in [0, 0.1) is 0 Å². The predicted molar refractivity (Wildman–Crippen MR) is 86.4 cm³/mol. The summed E-state index contributed by atoms with van der Waals surface area (Å²) in [6, 6.07) is 9.64. The number of hydrogen-bond donors (Lipinski definition) is 1. The molecule has 2 N–H and O–H groups in total. The van der Waals surface area contributed by atoms with E-state index in [2.05, 4.69) is 36.1 Å². The quantitative estimate of drug-likeness (QED) is 0.875. The molecule has 1 saturated carbocycles. The average molecular weight is 288 g/mol. The maximum atomic E-state index is 6.35. The molecule has 0 saturated heterocycles. The highest BCUT2D eigenvalue weighted by Crippen LogP contribution is 2.47. The molecule has 0 radical (unpaired) electrons. The Kier molecular flexibility index (Phi) is 4.34. The molecule has 0 aromatic heterocycles. The van der Waals surface area contributed by atoms with Crippen LogP contribution in [0.4, 0.5) is 0 Å². The van der Waals surface area contributed by atoms with E-state index in [0.29, 0.717) is 18.5 Å². The minimum Gasteiger partial charge on any atom is -0.383 e. The minimum absolute atomic E-state index is 0.0167. The maximum absolute atomic E-state index is 6.35. The van der Waals surface area contributed by atoms with Crippen LogP contribution in [0.3, 0.4) is 0 Å². The van der Waals surface area contributed by atoms with Gasteiger partial charge in [-0.2, -0.15) is 0 Å². The van der Waals surface area contributed by atoms with Crippen molar-refractivity contribution in [3.05, 3.63) is 35.4 Å². The molecule has 3 nitrogen and oxygen atoms in total. The van der Waals surface area contributed by atoms with Crippen molar-refractivity contribution in [2.24, 2.45) is 5.73 Å². The van der Waals surface area contributed by atoms with Crippen LogP contribution in [0.1, 0.15) is 49.7 Å². The van der Waals surface area contributed by atoms with Crippen LogP contribution in [0.5, 0.6) is 0 Å². The van der Waals surface area contributed by atoms with Crippen LogP contribution >= 0.6 is 0 Å². The Morgan fingerprint density at radius 3 is 2.71 bits per heavy atom. The van der Waals surface area contributed by atoms with Gasteiger partial charge in [0.1, 0.15) is 0 Å². The third-order valence-corrected chi connectivity index (χ3v) is 5.40. The van der Waals surface area contributed by atoms with Gasteiger partial charge in [-0.15, -0.1) is 0 Å². The summed E-state index contributed by atoms with van der Waals surface area (Å²) in [5, 5.41) is 0. The van der Waals surface area contributed by atoms with E-state index >= 15 is 0 Å². The number of nitrogens with two attached hydrogens (primary N) is 1. The van der Waals surface area contributed by atoms with Gasteiger partial charge in [0.2, 0.25) is 0 Å². The Morgan fingerprint density at radius 2 is 2.05 bits per heavy atom. The molecule has 0 heterocycles. The molecule has 3 rings (SSSR count). The Balaban J connectivity index is 2.00. The molecule has 1 aromatic carbocycles. The zero-order valence-corrected chi connectivity index (χ0v) is 13.3. The summed E-state index contributed by atoms with van der Waals surface area (Å²) in [5.74, 6) is 0.643. The summed E-state index contributed by atoms with van der Waals surface area (Å²) in [7, 11) is 1.79.